The minimum atomic E-state index is -0.148. The molecule has 128 valence electrons. The molecule has 1 aliphatic rings. The maximum atomic E-state index is 12.0. The molecule has 1 aliphatic heterocycles. The third kappa shape index (κ3) is 4.33. The van der Waals surface area contributed by atoms with E-state index in [2.05, 4.69) is 15.5 Å². The Labute approximate surface area is 138 Å². The summed E-state index contributed by atoms with van der Waals surface area (Å²) in [6, 6.07) is 0. The van der Waals surface area contributed by atoms with Crippen LogP contribution in [0.1, 0.15) is 50.6 Å². The molecule has 0 aliphatic carbocycles. The van der Waals surface area contributed by atoms with Crippen molar-refractivity contribution in [2.75, 3.05) is 13.1 Å². The Morgan fingerprint density at radius 2 is 2.09 bits per heavy atom. The first-order valence-electron chi connectivity index (χ1n) is 8.26. The molecule has 6 heteroatoms. The summed E-state index contributed by atoms with van der Waals surface area (Å²) in [6.07, 6.45) is 1.59. The van der Waals surface area contributed by atoms with Crippen LogP contribution in [0.5, 0.6) is 0 Å². The maximum absolute atomic E-state index is 12.0. The number of H-pyrrole nitrogens is 1. The van der Waals surface area contributed by atoms with E-state index in [9.17, 15) is 9.59 Å². The van der Waals surface area contributed by atoms with E-state index in [0.717, 1.165) is 23.5 Å². The van der Waals surface area contributed by atoms with Gasteiger partial charge in [-0.15, -0.1) is 0 Å². The largest absolute Gasteiger partial charge is 0.356 e. The first-order valence-corrected chi connectivity index (χ1v) is 8.26. The number of aryl methyl sites for hydroxylation is 2. The molecule has 0 saturated carbocycles. The molecule has 2 heterocycles. The molecule has 6 nitrogen and oxygen atoms in total. The molecular weight excluding hydrogens is 292 g/mol. The summed E-state index contributed by atoms with van der Waals surface area (Å²) in [7, 11) is 0. The summed E-state index contributed by atoms with van der Waals surface area (Å²) in [4.78, 5) is 25.9. The maximum Gasteiger partial charge on any atom is 0.223 e. The number of nitrogens with one attached hydrogen (secondary N) is 2. The normalized spacial score (nSPS) is 18.6. The zero-order chi connectivity index (χ0) is 17.2. The molecule has 0 unspecified atom stereocenters. The predicted octanol–water partition coefficient (Wildman–Crippen LogP) is 1.72. The first-order chi connectivity index (χ1) is 10.7. The van der Waals surface area contributed by atoms with Crippen LogP contribution in [-0.4, -0.2) is 45.5 Å². The molecule has 23 heavy (non-hydrogen) atoms. The van der Waals surface area contributed by atoms with Gasteiger partial charge < -0.3 is 10.2 Å². The van der Waals surface area contributed by atoms with E-state index in [1.54, 1.807) is 0 Å². The van der Waals surface area contributed by atoms with Crippen LogP contribution in [-0.2, 0) is 16.0 Å². The van der Waals surface area contributed by atoms with Crippen molar-refractivity contribution in [2.45, 2.75) is 59.4 Å². The number of aromatic amines is 1. The van der Waals surface area contributed by atoms with Gasteiger partial charge in [0.05, 0.1) is 5.69 Å². The lowest BCUT2D eigenvalue weighted by Gasteiger charge is -2.32. The SMILES string of the molecule is Cc1[nH]nc(CCC(=O)NC[C@H]2CC(=O)N(C(C)(C)C)C2)c1C. The van der Waals surface area contributed by atoms with Gasteiger partial charge in [0.2, 0.25) is 11.8 Å². The molecular formula is C17H28N4O2. The van der Waals surface area contributed by atoms with Gasteiger partial charge in [-0.2, -0.15) is 5.10 Å². The Kier molecular flexibility index (Phi) is 5.12. The van der Waals surface area contributed by atoms with E-state index in [1.807, 2.05) is 39.5 Å². The number of amides is 2. The van der Waals surface area contributed by atoms with Gasteiger partial charge >= 0.3 is 0 Å². The Morgan fingerprint density at radius 1 is 1.39 bits per heavy atom. The second-order valence-electron chi connectivity index (χ2n) is 7.47. The number of carbonyl (C=O) groups excluding carboxylic acids is 2. The van der Waals surface area contributed by atoms with Crippen LogP contribution in [0.25, 0.3) is 0 Å². The molecule has 2 N–H and O–H groups in total. The average Bonchev–Trinajstić information content (AvgIpc) is 2.99. The zero-order valence-corrected chi connectivity index (χ0v) is 14.8. The van der Waals surface area contributed by atoms with E-state index in [0.29, 0.717) is 25.8 Å². The minimum absolute atomic E-state index is 0.0201. The quantitative estimate of drug-likeness (QED) is 0.867. The average molecular weight is 320 g/mol. The molecule has 0 aromatic carbocycles. The van der Waals surface area contributed by atoms with Crippen LogP contribution in [0.15, 0.2) is 0 Å². The third-order valence-electron chi connectivity index (χ3n) is 4.55. The monoisotopic (exact) mass is 320 g/mol. The summed E-state index contributed by atoms with van der Waals surface area (Å²) in [5.74, 6) is 0.408. The van der Waals surface area contributed by atoms with Gasteiger partial charge in [-0.3, -0.25) is 14.7 Å². The van der Waals surface area contributed by atoms with E-state index >= 15 is 0 Å². The number of nitrogens with zero attached hydrogens (tertiary/aromatic N) is 2. The lowest BCUT2D eigenvalue weighted by molar-refractivity contribution is -0.131. The van der Waals surface area contributed by atoms with Gasteiger partial charge in [0.1, 0.15) is 0 Å². The molecule has 2 rings (SSSR count). The number of hydrogen-bond donors (Lipinski definition) is 2. The molecule has 1 aromatic heterocycles. The lowest BCUT2D eigenvalue weighted by Crippen LogP contribution is -2.42. The van der Waals surface area contributed by atoms with Crippen LogP contribution < -0.4 is 5.32 Å². The van der Waals surface area contributed by atoms with E-state index in [4.69, 9.17) is 0 Å². The minimum Gasteiger partial charge on any atom is -0.356 e. The van der Waals surface area contributed by atoms with Gasteiger partial charge in [0.15, 0.2) is 0 Å². The van der Waals surface area contributed by atoms with Gasteiger partial charge in [-0.1, -0.05) is 0 Å². The Balaban J connectivity index is 1.75. The predicted molar refractivity (Wildman–Crippen MR) is 89.0 cm³/mol. The topological polar surface area (TPSA) is 78.1 Å². The molecule has 0 radical (unpaired) electrons. The Bertz CT molecular complexity index is 586. The van der Waals surface area contributed by atoms with Gasteiger partial charge in [-0.05, 0) is 40.2 Å². The molecule has 1 saturated heterocycles. The number of carbonyl (C=O) groups is 2. The summed E-state index contributed by atoms with van der Waals surface area (Å²) in [5.41, 5.74) is 2.98. The third-order valence-corrected chi connectivity index (χ3v) is 4.55. The fourth-order valence-electron chi connectivity index (χ4n) is 2.92. The second-order valence-corrected chi connectivity index (χ2v) is 7.47. The Morgan fingerprint density at radius 3 is 2.61 bits per heavy atom. The summed E-state index contributed by atoms with van der Waals surface area (Å²) >= 11 is 0. The molecule has 1 atom stereocenters. The van der Waals surface area contributed by atoms with Crippen LogP contribution in [0.4, 0.5) is 0 Å². The number of likely N-dealkylation sites (tertiary alicyclic amines) is 1. The van der Waals surface area contributed by atoms with Crippen LogP contribution >= 0.6 is 0 Å². The highest BCUT2D eigenvalue weighted by atomic mass is 16.2. The summed E-state index contributed by atoms with van der Waals surface area (Å²) in [6.45, 7) is 11.4. The molecule has 0 spiro atoms. The fourth-order valence-corrected chi connectivity index (χ4v) is 2.92. The smallest absolute Gasteiger partial charge is 0.223 e. The van der Waals surface area contributed by atoms with Gasteiger partial charge in [-0.25, -0.2) is 0 Å². The Hall–Kier alpha value is -1.85. The fraction of sp³-hybridized carbons (Fsp3) is 0.706. The van der Waals surface area contributed by atoms with E-state index in [1.165, 1.54) is 0 Å². The first kappa shape index (κ1) is 17.5. The van der Waals surface area contributed by atoms with Crippen LogP contribution in [0.3, 0.4) is 0 Å². The van der Waals surface area contributed by atoms with Crippen LogP contribution in [0, 0.1) is 19.8 Å². The molecule has 1 aromatic rings. The zero-order valence-electron chi connectivity index (χ0n) is 14.8. The highest BCUT2D eigenvalue weighted by molar-refractivity contribution is 5.80. The van der Waals surface area contributed by atoms with Gasteiger partial charge in [0.25, 0.3) is 0 Å². The van der Waals surface area contributed by atoms with Crippen molar-refractivity contribution in [3.05, 3.63) is 17.0 Å². The van der Waals surface area contributed by atoms with E-state index in [-0.39, 0.29) is 23.3 Å². The highest BCUT2D eigenvalue weighted by Crippen LogP contribution is 2.25. The number of hydrogen-bond acceptors (Lipinski definition) is 3. The van der Waals surface area contributed by atoms with Crippen molar-refractivity contribution in [2.24, 2.45) is 5.92 Å². The number of rotatable bonds is 5. The molecule has 1 fully saturated rings. The van der Waals surface area contributed by atoms with Crippen molar-refractivity contribution >= 4 is 11.8 Å². The number of aromatic nitrogens is 2. The highest BCUT2D eigenvalue weighted by Gasteiger charge is 2.36. The van der Waals surface area contributed by atoms with Crippen molar-refractivity contribution in [1.82, 2.24) is 20.4 Å². The standard InChI is InChI=1S/C17H28N4O2/c1-11-12(2)19-20-14(11)6-7-15(22)18-9-13-8-16(23)21(10-13)17(3,4)5/h13H,6-10H2,1-5H3,(H,18,22)(H,19,20)/t13-/m1/s1. The lowest BCUT2D eigenvalue weighted by atomic mass is 10.1. The molecule has 0 bridgehead atoms. The van der Waals surface area contributed by atoms with Crippen molar-refractivity contribution < 1.29 is 9.59 Å². The molecule has 2 amide bonds. The van der Waals surface area contributed by atoms with Gasteiger partial charge in [0, 0.05) is 49.5 Å². The van der Waals surface area contributed by atoms with Crippen LogP contribution in [0.2, 0.25) is 0 Å². The van der Waals surface area contributed by atoms with E-state index < -0.39 is 0 Å². The summed E-state index contributed by atoms with van der Waals surface area (Å²) < 4.78 is 0. The van der Waals surface area contributed by atoms with Crippen molar-refractivity contribution in [1.29, 1.82) is 0 Å². The van der Waals surface area contributed by atoms with Crippen molar-refractivity contribution in [3.8, 4) is 0 Å². The van der Waals surface area contributed by atoms with Crippen molar-refractivity contribution in [3.63, 3.8) is 0 Å². The summed E-state index contributed by atoms with van der Waals surface area (Å²) in [5, 5.41) is 10.1. The second kappa shape index (κ2) is 6.72.